The lowest BCUT2D eigenvalue weighted by Gasteiger charge is -2.67. The zero-order chi connectivity index (χ0) is 45.4. The maximum Gasteiger partial charge on any atom is 0.341 e. The summed E-state index contributed by atoms with van der Waals surface area (Å²) in [5.74, 6) is -6.75. The second kappa shape index (κ2) is 15.5. The first-order valence-corrected chi connectivity index (χ1v) is 21.0. The number of ether oxygens (including phenoxy) is 5. The Balaban J connectivity index is 1.29. The molecule has 15 heteroatoms. The van der Waals surface area contributed by atoms with Gasteiger partial charge in [-0.05, 0) is 60.4 Å². The van der Waals surface area contributed by atoms with Crippen LogP contribution in [0.1, 0.15) is 92.3 Å². The fraction of sp³-hybridized carbons (Fsp3) is 0.458. The van der Waals surface area contributed by atoms with Crippen LogP contribution in [0.15, 0.2) is 96.1 Å². The molecule has 8 rings (SSSR count). The Bertz CT molecular complexity index is 2420. The molecule has 3 fully saturated rings. The van der Waals surface area contributed by atoms with Gasteiger partial charge in [-0.15, -0.1) is 0 Å². The number of carbonyl (C=O) groups is 6. The average molecular weight is 866 g/mol. The van der Waals surface area contributed by atoms with Crippen molar-refractivity contribution in [2.75, 3.05) is 6.61 Å². The van der Waals surface area contributed by atoms with Crippen LogP contribution < -0.4 is 5.32 Å². The van der Waals surface area contributed by atoms with Crippen molar-refractivity contribution in [2.24, 2.45) is 16.7 Å². The number of aliphatic hydroxyl groups excluding tert-OH is 1. The number of Topliss-reactive ketones (excluding diaryl/α,β-unsaturated/α-hetero) is 1. The standard InChI is InChI=1S/C48H51NO14/c1-25-32(61-43(56)46(57)22-30-19-13-14-20-31(30)38(46)49-41(54)28-15-9-7-10-16-28)23-48(58)40(62-42(55)29-17-11-8-12-18-29)37-45(6,33(52)21-34-47(37,24-59-34)63-27(3)51)39(53)36(60-26(2)50)35(25)44(48,4)5/h7-20,32-34,36-38,40,52,57-58H,21-24H2,1-6H3,(H,49,54)/t32-,33-,34+,36+,37?,38-,40-,45+,46+,47-,48+/m0/s1. The molecule has 0 radical (unpaired) electrons. The summed E-state index contributed by atoms with van der Waals surface area (Å²) in [6.45, 7) is 8.04. The molecule has 1 aliphatic heterocycles. The predicted molar refractivity (Wildman–Crippen MR) is 220 cm³/mol. The largest absolute Gasteiger partial charge is 0.456 e. The SMILES string of the molecule is CC(=O)O[C@H]1C(=O)[C@@]2(C)C([C@H](OC(=O)c3ccccc3)[C@]3(O)C[C@H](OC(=O)[C@@]4(O)Cc5ccccc5[C@@H]4NC(=O)c4ccccc4)C(C)=C1C3(C)C)[C@]1(OC(C)=O)CO[C@@H]1C[C@@H]2O. The zero-order valence-electron chi connectivity index (χ0n) is 35.8. The third-order valence-electron chi connectivity index (χ3n) is 14.4. The molecular formula is C48H51NO14. The number of ketones is 1. The van der Waals surface area contributed by atoms with Gasteiger partial charge < -0.3 is 44.3 Å². The van der Waals surface area contributed by atoms with E-state index in [-0.39, 0.29) is 41.7 Å². The number of fused-ring (bicyclic) bond motifs is 6. The summed E-state index contributed by atoms with van der Waals surface area (Å²) < 4.78 is 30.6. The monoisotopic (exact) mass is 865 g/mol. The summed E-state index contributed by atoms with van der Waals surface area (Å²) >= 11 is 0. The Morgan fingerprint density at radius 3 is 2.03 bits per heavy atom. The predicted octanol–water partition coefficient (Wildman–Crippen LogP) is 3.66. The van der Waals surface area contributed by atoms with Crippen molar-refractivity contribution in [3.8, 4) is 0 Å². The summed E-state index contributed by atoms with van der Waals surface area (Å²) in [5, 5.41) is 41.2. The van der Waals surface area contributed by atoms with Crippen LogP contribution in [0, 0.1) is 16.7 Å². The molecule has 63 heavy (non-hydrogen) atoms. The molecule has 3 aromatic rings. The van der Waals surface area contributed by atoms with Crippen LogP contribution in [0.4, 0.5) is 0 Å². The second-order valence-electron chi connectivity index (χ2n) is 18.2. The Kier molecular flexibility index (Phi) is 10.8. The molecule has 1 heterocycles. The average Bonchev–Trinajstić information content (AvgIpc) is 3.53. The first kappa shape index (κ1) is 43.9. The topological polar surface area (TPSA) is 221 Å². The molecule has 1 amide bonds. The number of nitrogens with one attached hydrogen (secondary N) is 1. The van der Waals surface area contributed by atoms with E-state index in [4.69, 9.17) is 23.7 Å². The number of carbonyl (C=O) groups excluding carboxylic acids is 6. The molecule has 15 nitrogen and oxygen atoms in total. The molecule has 5 aliphatic rings. The quantitative estimate of drug-likeness (QED) is 0.144. The summed E-state index contributed by atoms with van der Waals surface area (Å²) in [6.07, 6.45) is -8.74. The van der Waals surface area contributed by atoms with Crippen LogP contribution >= 0.6 is 0 Å². The van der Waals surface area contributed by atoms with E-state index in [9.17, 15) is 39.3 Å². The van der Waals surface area contributed by atoms with E-state index >= 15 is 4.79 Å². The number of rotatable bonds is 8. The van der Waals surface area contributed by atoms with Crippen molar-refractivity contribution in [3.05, 3.63) is 118 Å². The van der Waals surface area contributed by atoms with Crippen molar-refractivity contribution in [1.82, 2.24) is 5.32 Å². The van der Waals surface area contributed by atoms with Crippen molar-refractivity contribution in [3.63, 3.8) is 0 Å². The lowest BCUT2D eigenvalue weighted by molar-refractivity contribution is -0.346. The molecule has 1 saturated heterocycles. The van der Waals surface area contributed by atoms with E-state index in [0.29, 0.717) is 11.1 Å². The molecule has 332 valence electrons. The fourth-order valence-corrected chi connectivity index (χ4v) is 11.1. The van der Waals surface area contributed by atoms with E-state index in [2.05, 4.69) is 5.32 Å². The van der Waals surface area contributed by atoms with E-state index in [1.807, 2.05) is 0 Å². The molecule has 2 bridgehead atoms. The molecule has 4 N–H and O–H groups in total. The third kappa shape index (κ3) is 6.70. The Morgan fingerprint density at radius 1 is 0.810 bits per heavy atom. The minimum atomic E-state index is -2.40. The highest BCUT2D eigenvalue weighted by molar-refractivity contribution is 5.97. The maximum atomic E-state index is 15.6. The minimum Gasteiger partial charge on any atom is -0.456 e. The zero-order valence-corrected chi connectivity index (χ0v) is 35.8. The normalized spacial score (nSPS) is 34.9. The maximum absolute atomic E-state index is 15.6. The van der Waals surface area contributed by atoms with Crippen LogP contribution in [0.2, 0.25) is 0 Å². The van der Waals surface area contributed by atoms with Crippen molar-refractivity contribution in [2.45, 2.75) is 114 Å². The van der Waals surface area contributed by atoms with Gasteiger partial charge in [0.05, 0.1) is 35.6 Å². The summed E-state index contributed by atoms with van der Waals surface area (Å²) in [5.41, 5.74) is -8.71. The lowest BCUT2D eigenvalue weighted by atomic mass is 9.44. The van der Waals surface area contributed by atoms with Gasteiger partial charge in [0.2, 0.25) is 0 Å². The van der Waals surface area contributed by atoms with E-state index in [1.165, 1.54) is 19.1 Å². The molecular weight excluding hydrogens is 815 g/mol. The molecule has 4 aliphatic carbocycles. The van der Waals surface area contributed by atoms with Crippen LogP contribution in [0.3, 0.4) is 0 Å². The van der Waals surface area contributed by atoms with Gasteiger partial charge in [0.15, 0.2) is 23.1 Å². The fourth-order valence-electron chi connectivity index (χ4n) is 11.1. The van der Waals surface area contributed by atoms with E-state index in [1.54, 1.807) is 93.6 Å². The second-order valence-corrected chi connectivity index (χ2v) is 18.2. The van der Waals surface area contributed by atoms with Gasteiger partial charge in [-0.2, -0.15) is 0 Å². The smallest absolute Gasteiger partial charge is 0.341 e. The highest BCUT2D eigenvalue weighted by Gasteiger charge is 2.78. The Morgan fingerprint density at radius 2 is 1.43 bits per heavy atom. The molecule has 0 spiro atoms. The molecule has 3 aromatic carbocycles. The Labute approximate surface area is 363 Å². The molecule has 0 aromatic heterocycles. The van der Waals surface area contributed by atoms with E-state index < -0.39 is 112 Å². The van der Waals surface area contributed by atoms with Gasteiger partial charge in [0, 0.05) is 44.1 Å². The van der Waals surface area contributed by atoms with Crippen molar-refractivity contribution >= 4 is 35.6 Å². The van der Waals surface area contributed by atoms with Gasteiger partial charge in [-0.1, -0.05) is 74.5 Å². The number of benzene rings is 3. The molecule has 1 unspecified atom stereocenters. The summed E-state index contributed by atoms with van der Waals surface area (Å²) in [6, 6.07) is 21.7. The minimum absolute atomic E-state index is 0.00559. The van der Waals surface area contributed by atoms with Gasteiger partial charge in [0.1, 0.15) is 23.9 Å². The van der Waals surface area contributed by atoms with Crippen LogP contribution in [0.5, 0.6) is 0 Å². The first-order valence-electron chi connectivity index (χ1n) is 21.0. The number of hydrogen-bond donors (Lipinski definition) is 4. The first-order chi connectivity index (χ1) is 29.7. The van der Waals surface area contributed by atoms with Gasteiger partial charge in [-0.25, -0.2) is 9.59 Å². The highest BCUT2D eigenvalue weighted by atomic mass is 16.6. The number of esters is 4. The third-order valence-corrected chi connectivity index (χ3v) is 14.4. The van der Waals surface area contributed by atoms with Crippen LogP contribution in [0.25, 0.3) is 0 Å². The number of hydrogen-bond acceptors (Lipinski definition) is 14. The summed E-state index contributed by atoms with van der Waals surface area (Å²) in [4.78, 5) is 84.3. The van der Waals surface area contributed by atoms with Crippen molar-refractivity contribution in [1.29, 1.82) is 0 Å². The van der Waals surface area contributed by atoms with Crippen LogP contribution in [-0.2, 0) is 49.3 Å². The number of aliphatic hydroxyl groups is 3. The Hall–Kier alpha value is -5.74. The summed E-state index contributed by atoms with van der Waals surface area (Å²) in [7, 11) is 0. The molecule has 11 atom stereocenters. The molecule has 2 saturated carbocycles. The number of amides is 1. The van der Waals surface area contributed by atoms with Gasteiger partial charge >= 0.3 is 23.9 Å². The van der Waals surface area contributed by atoms with Gasteiger partial charge in [-0.3, -0.25) is 19.2 Å². The van der Waals surface area contributed by atoms with Gasteiger partial charge in [0.25, 0.3) is 5.91 Å². The highest BCUT2D eigenvalue weighted by Crippen LogP contribution is 2.64. The van der Waals surface area contributed by atoms with E-state index in [0.717, 1.165) is 13.8 Å². The van der Waals surface area contributed by atoms with Crippen LogP contribution in [-0.4, -0.2) is 105 Å². The van der Waals surface area contributed by atoms with Crippen molar-refractivity contribution < 1.29 is 67.8 Å². The lowest BCUT2D eigenvalue weighted by Crippen LogP contribution is -2.82.